The number of halogens is 2. The largest absolute Gasteiger partial charge is 0.490 e. The summed E-state index contributed by atoms with van der Waals surface area (Å²) in [6, 6.07) is 3.07. The minimum Gasteiger partial charge on any atom is -0.490 e. The Balaban J connectivity index is 1.72. The van der Waals surface area contributed by atoms with E-state index in [1.54, 1.807) is 0 Å². The van der Waals surface area contributed by atoms with Gasteiger partial charge in [0.25, 0.3) is 0 Å². The maximum absolute atomic E-state index is 12.9. The van der Waals surface area contributed by atoms with Crippen LogP contribution in [0.15, 0.2) is 12.1 Å². The number of nitrogens with one attached hydrogen (secondary N) is 1. The quantitative estimate of drug-likeness (QED) is 0.682. The Hall–Kier alpha value is -2.70. The molecule has 3 unspecified atom stereocenters. The van der Waals surface area contributed by atoms with Crippen molar-refractivity contribution in [2.24, 2.45) is 0 Å². The first-order valence-electron chi connectivity index (χ1n) is 9.83. The molecule has 11 heteroatoms. The summed E-state index contributed by atoms with van der Waals surface area (Å²) in [7, 11) is 0. The maximum Gasteiger partial charge on any atom is 0.408 e. The van der Waals surface area contributed by atoms with Crippen LogP contribution in [0.1, 0.15) is 32.6 Å². The molecule has 31 heavy (non-hydrogen) atoms. The smallest absolute Gasteiger partial charge is 0.408 e. The number of hydrogen-bond donors (Lipinski definition) is 2. The van der Waals surface area contributed by atoms with E-state index < -0.39 is 24.2 Å². The van der Waals surface area contributed by atoms with Gasteiger partial charge in [0, 0.05) is 19.5 Å². The van der Waals surface area contributed by atoms with Crippen LogP contribution in [-0.2, 0) is 9.59 Å². The molecule has 1 aromatic rings. The van der Waals surface area contributed by atoms with Crippen molar-refractivity contribution in [1.29, 1.82) is 5.26 Å². The molecule has 0 bridgehead atoms. The second-order valence-electron chi connectivity index (χ2n) is 7.51. The molecule has 1 aromatic carbocycles. The highest BCUT2D eigenvalue weighted by atomic mass is 35.5. The van der Waals surface area contributed by atoms with E-state index in [2.05, 4.69) is 11.4 Å². The molecule has 0 radical (unpaired) electrons. The molecule has 2 fully saturated rings. The lowest BCUT2D eigenvalue weighted by Crippen LogP contribution is -2.51. The highest BCUT2D eigenvalue weighted by molar-refractivity contribution is 6.37. The lowest BCUT2D eigenvalue weighted by atomic mass is 10.1. The predicted molar refractivity (Wildman–Crippen MR) is 113 cm³/mol. The summed E-state index contributed by atoms with van der Waals surface area (Å²) in [5.74, 6) is -0.424. The highest BCUT2D eigenvalue weighted by Gasteiger charge is 2.45. The third kappa shape index (κ3) is 4.97. The minimum atomic E-state index is -1.22. The third-order valence-corrected chi connectivity index (χ3v) is 6.06. The van der Waals surface area contributed by atoms with Crippen molar-refractivity contribution in [2.75, 3.05) is 18.5 Å². The molecule has 3 atom stereocenters. The number of nitrogens with zero attached hydrogens (tertiary/aromatic N) is 3. The molecule has 2 saturated heterocycles. The van der Waals surface area contributed by atoms with E-state index in [-0.39, 0.29) is 34.2 Å². The fourth-order valence-electron chi connectivity index (χ4n) is 4.05. The van der Waals surface area contributed by atoms with Crippen LogP contribution < -0.4 is 10.1 Å². The molecule has 0 spiro atoms. The monoisotopic (exact) mass is 468 g/mol. The van der Waals surface area contributed by atoms with E-state index in [0.29, 0.717) is 31.5 Å². The number of carbonyl (C=O) groups excluding carboxylic acids is 2. The number of ether oxygens (including phenoxy) is 1. The number of rotatable bonds is 5. The molecule has 0 saturated carbocycles. The van der Waals surface area contributed by atoms with Crippen molar-refractivity contribution >= 4 is 46.8 Å². The Morgan fingerprint density at radius 2 is 2.00 bits per heavy atom. The minimum absolute atomic E-state index is 0.0291. The molecule has 2 N–H and O–H groups in total. The average Bonchev–Trinajstić information content (AvgIpc) is 3.35. The van der Waals surface area contributed by atoms with Gasteiger partial charge in [-0.25, -0.2) is 4.79 Å². The summed E-state index contributed by atoms with van der Waals surface area (Å²) in [5, 5.41) is 22.0. The van der Waals surface area contributed by atoms with Gasteiger partial charge < -0.3 is 20.1 Å². The van der Waals surface area contributed by atoms with Gasteiger partial charge in [0.15, 0.2) is 0 Å². The van der Waals surface area contributed by atoms with Crippen LogP contribution in [0.5, 0.6) is 5.75 Å². The summed E-state index contributed by atoms with van der Waals surface area (Å²) >= 11 is 12.2. The summed E-state index contributed by atoms with van der Waals surface area (Å²) in [6.45, 7) is 1.76. The molecular formula is C20H22Cl2N4O5. The molecule has 166 valence electrons. The number of carboxylic acid groups (broad SMARTS) is 1. The van der Waals surface area contributed by atoms with Gasteiger partial charge in [0.2, 0.25) is 11.8 Å². The van der Waals surface area contributed by atoms with E-state index in [1.165, 1.54) is 24.0 Å². The molecule has 2 aliphatic heterocycles. The van der Waals surface area contributed by atoms with Crippen LogP contribution in [0.2, 0.25) is 10.0 Å². The van der Waals surface area contributed by atoms with Crippen LogP contribution in [0.3, 0.4) is 0 Å². The first-order valence-corrected chi connectivity index (χ1v) is 10.6. The molecule has 2 aliphatic rings. The number of anilines is 1. The van der Waals surface area contributed by atoms with E-state index in [1.807, 2.05) is 0 Å². The number of carbonyl (C=O) groups is 3. The number of benzene rings is 1. The van der Waals surface area contributed by atoms with Crippen LogP contribution in [0, 0.1) is 11.3 Å². The van der Waals surface area contributed by atoms with Gasteiger partial charge in [-0.15, -0.1) is 0 Å². The van der Waals surface area contributed by atoms with Gasteiger partial charge in [-0.1, -0.05) is 23.2 Å². The van der Waals surface area contributed by atoms with Crippen molar-refractivity contribution in [3.63, 3.8) is 0 Å². The normalized spacial score (nSPS) is 22.8. The van der Waals surface area contributed by atoms with Gasteiger partial charge >= 0.3 is 6.09 Å². The highest BCUT2D eigenvalue weighted by Crippen LogP contribution is 2.35. The van der Waals surface area contributed by atoms with Crippen molar-refractivity contribution < 1.29 is 24.2 Å². The number of likely N-dealkylation sites (tertiary alicyclic amines) is 2. The van der Waals surface area contributed by atoms with Gasteiger partial charge in [-0.05, 0) is 31.7 Å². The van der Waals surface area contributed by atoms with Crippen molar-refractivity contribution in [2.45, 2.75) is 50.7 Å². The standard InChI is InChI=1S/C20H22Cl2N4O5/c1-11(27)24-16-8-18(15(22)7-14(16)21)31-10-13-4-5-17(26(13)20(29)30)19(28)25-6-2-3-12(25)9-23/h7-8,12-13,17H,2-6,10H2,1H3,(H,24,27)(H,29,30). The zero-order valence-corrected chi connectivity index (χ0v) is 18.3. The topological polar surface area (TPSA) is 123 Å². The van der Waals surface area contributed by atoms with Crippen LogP contribution in [-0.4, -0.2) is 64.1 Å². The first-order chi connectivity index (χ1) is 14.7. The van der Waals surface area contributed by atoms with E-state index in [4.69, 9.17) is 27.9 Å². The van der Waals surface area contributed by atoms with E-state index in [0.717, 1.165) is 11.3 Å². The van der Waals surface area contributed by atoms with Gasteiger partial charge in [0.05, 0.1) is 27.8 Å². The summed E-state index contributed by atoms with van der Waals surface area (Å²) in [5.41, 5.74) is 0.319. The van der Waals surface area contributed by atoms with Crippen molar-refractivity contribution in [3.8, 4) is 11.8 Å². The van der Waals surface area contributed by atoms with Crippen LogP contribution in [0.4, 0.5) is 10.5 Å². The molecular weight excluding hydrogens is 447 g/mol. The number of nitriles is 1. The van der Waals surface area contributed by atoms with Gasteiger partial charge in [-0.2, -0.15) is 5.26 Å². The second-order valence-corrected chi connectivity index (χ2v) is 8.32. The summed E-state index contributed by atoms with van der Waals surface area (Å²) < 4.78 is 5.75. The Bertz CT molecular complexity index is 935. The lowest BCUT2D eigenvalue weighted by Gasteiger charge is -2.30. The predicted octanol–water partition coefficient (Wildman–Crippen LogP) is 3.36. The van der Waals surface area contributed by atoms with Crippen molar-refractivity contribution in [1.82, 2.24) is 9.80 Å². The second kappa shape index (κ2) is 9.62. The first kappa shape index (κ1) is 23.0. The van der Waals surface area contributed by atoms with Gasteiger partial charge in [-0.3, -0.25) is 14.5 Å². The van der Waals surface area contributed by atoms with E-state index >= 15 is 0 Å². The summed E-state index contributed by atoms with van der Waals surface area (Å²) in [4.78, 5) is 38.8. The summed E-state index contributed by atoms with van der Waals surface area (Å²) in [6.07, 6.45) is 0.873. The molecule has 3 amide bonds. The Morgan fingerprint density at radius 1 is 1.26 bits per heavy atom. The van der Waals surface area contributed by atoms with Crippen molar-refractivity contribution in [3.05, 3.63) is 22.2 Å². The zero-order valence-electron chi connectivity index (χ0n) is 16.8. The van der Waals surface area contributed by atoms with E-state index in [9.17, 15) is 24.8 Å². The zero-order chi connectivity index (χ0) is 22.7. The molecule has 2 heterocycles. The maximum atomic E-state index is 12.9. The Kier molecular flexibility index (Phi) is 7.13. The number of amides is 3. The van der Waals surface area contributed by atoms with Crippen LogP contribution >= 0.6 is 23.2 Å². The van der Waals surface area contributed by atoms with Crippen LogP contribution in [0.25, 0.3) is 0 Å². The fourth-order valence-corrected chi connectivity index (χ4v) is 4.53. The Labute approximate surface area is 189 Å². The average molecular weight is 469 g/mol. The molecule has 0 aliphatic carbocycles. The fraction of sp³-hybridized carbons (Fsp3) is 0.500. The number of hydrogen-bond acceptors (Lipinski definition) is 5. The Morgan fingerprint density at radius 3 is 2.65 bits per heavy atom. The molecule has 0 aromatic heterocycles. The SMILES string of the molecule is CC(=O)Nc1cc(OCC2CCC(C(=O)N3CCCC3C#N)N2C(=O)O)c(Cl)cc1Cl. The molecule has 3 rings (SSSR count). The third-order valence-electron chi connectivity index (χ3n) is 5.46. The molecule has 9 nitrogen and oxygen atoms in total. The lowest BCUT2D eigenvalue weighted by molar-refractivity contribution is -0.135. The van der Waals surface area contributed by atoms with Gasteiger partial charge in [0.1, 0.15) is 24.4 Å².